The van der Waals surface area contributed by atoms with E-state index in [2.05, 4.69) is 0 Å². The number of aryl methyl sites for hydroxylation is 1. The number of likely N-dealkylation sites (tertiary alicyclic amines) is 1. The van der Waals surface area contributed by atoms with Crippen molar-refractivity contribution in [3.8, 4) is 0 Å². The average molecular weight is 311 g/mol. The summed E-state index contributed by atoms with van der Waals surface area (Å²) in [5.41, 5.74) is 2.93. The van der Waals surface area contributed by atoms with Crippen molar-refractivity contribution in [2.75, 3.05) is 0 Å². The smallest absolute Gasteiger partial charge is 0.230 e. The Hall–Kier alpha value is -2.49. The standard InChI is InChI=1S/C19H18FNO2/c1-13-2-6-15(7-3-13)16-10-18(22)21(19(23)11-16)12-14-4-8-17(20)9-5-14/h2-9,16H,10-12H2,1H3. The predicted octanol–water partition coefficient (Wildman–Crippen LogP) is 3.57. The second kappa shape index (κ2) is 6.32. The molecular formula is C19H18FNO2. The minimum absolute atomic E-state index is 0.0555. The number of piperidine rings is 1. The topological polar surface area (TPSA) is 37.4 Å². The Kier molecular flexibility index (Phi) is 4.24. The second-order valence-corrected chi connectivity index (χ2v) is 6.02. The van der Waals surface area contributed by atoms with Gasteiger partial charge in [-0.2, -0.15) is 0 Å². The van der Waals surface area contributed by atoms with Gasteiger partial charge in [-0.3, -0.25) is 14.5 Å². The molecule has 118 valence electrons. The van der Waals surface area contributed by atoms with Gasteiger partial charge in [0.1, 0.15) is 5.82 Å². The predicted molar refractivity (Wildman–Crippen MR) is 85.1 cm³/mol. The normalized spacial score (nSPS) is 16.0. The van der Waals surface area contributed by atoms with Crippen molar-refractivity contribution in [2.24, 2.45) is 0 Å². The summed E-state index contributed by atoms with van der Waals surface area (Å²) >= 11 is 0. The van der Waals surface area contributed by atoms with Gasteiger partial charge in [-0.1, -0.05) is 42.0 Å². The first-order chi connectivity index (χ1) is 11.0. The molecule has 1 aliphatic heterocycles. The highest BCUT2D eigenvalue weighted by Gasteiger charge is 2.33. The molecule has 1 saturated heterocycles. The van der Waals surface area contributed by atoms with E-state index in [4.69, 9.17) is 0 Å². The fourth-order valence-electron chi connectivity index (χ4n) is 2.88. The SMILES string of the molecule is Cc1ccc(C2CC(=O)N(Cc3ccc(F)cc3)C(=O)C2)cc1. The van der Waals surface area contributed by atoms with E-state index in [1.54, 1.807) is 12.1 Å². The second-order valence-electron chi connectivity index (χ2n) is 6.02. The first kappa shape index (κ1) is 15.4. The van der Waals surface area contributed by atoms with Crippen LogP contribution in [0.5, 0.6) is 0 Å². The molecule has 2 amide bonds. The number of halogens is 1. The highest BCUT2D eigenvalue weighted by atomic mass is 19.1. The number of benzene rings is 2. The van der Waals surface area contributed by atoms with Crippen LogP contribution in [0.2, 0.25) is 0 Å². The van der Waals surface area contributed by atoms with Gasteiger partial charge in [0.25, 0.3) is 0 Å². The molecule has 0 unspecified atom stereocenters. The number of hydrogen-bond acceptors (Lipinski definition) is 2. The van der Waals surface area contributed by atoms with Crippen LogP contribution in [0.1, 0.15) is 35.4 Å². The fraction of sp³-hybridized carbons (Fsp3) is 0.263. The van der Waals surface area contributed by atoms with Crippen molar-refractivity contribution in [2.45, 2.75) is 32.2 Å². The summed E-state index contributed by atoms with van der Waals surface area (Å²) in [6.45, 7) is 2.21. The van der Waals surface area contributed by atoms with Gasteiger partial charge in [0, 0.05) is 18.8 Å². The summed E-state index contributed by atoms with van der Waals surface area (Å²) < 4.78 is 12.9. The largest absolute Gasteiger partial charge is 0.278 e. The van der Waals surface area contributed by atoms with Crippen molar-refractivity contribution in [1.29, 1.82) is 0 Å². The molecule has 0 saturated carbocycles. The molecule has 0 radical (unpaired) electrons. The van der Waals surface area contributed by atoms with E-state index >= 15 is 0 Å². The number of carbonyl (C=O) groups is 2. The minimum atomic E-state index is -0.329. The number of imide groups is 1. The lowest BCUT2D eigenvalue weighted by molar-refractivity contribution is -0.149. The lowest BCUT2D eigenvalue weighted by Crippen LogP contribution is -2.42. The van der Waals surface area contributed by atoms with E-state index in [1.807, 2.05) is 31.2 Å². The van der Waals surface area contributed by atoms with Gasteiger partial charge in [-0.25, -0.2) is 4.39 Å². The van der Waals surface area contributed by atoms with Crippen LogP contribution in [0, 0.1) is 12.7 Å². The zero-order valence-electron chi connectivity index (χ0n) is 13.0. The molecule has 0 aromatic heterocycles. The Bertz CT molecular complexity index is 704. The zero-order valence-corrected chi connectivity index (χ0v) is 13.0. The van der Waals surface area contributed by atoms with Crippen LogP contribution in [0.3, 0.4) is 0 Å². The third-order valence-electron chi connectivity index (χ3n) is 4.25. The van der Waals surface area contributed by atoms with E-state index in [0.717, 1.165) is 16.7 Å². The molecule has 1 fully saturated rings. The maximum absolute atomic E-state index is 12.9. The molecule has 0 aliphatic carbocycles. The van der Waals surface area contributed by atoms with Gasteiger partial charge in [0.2, 0.25) is 11.8 Å². The quantitative estimate of drug-likeness (QED) is 0.813. The Morgan fingerprint density at radius 2 is 1.52 bits per heavy atom. The van der Waals surface area contributed by atoms with E-state index in [9.17, 15) is 14.0 Å². The number of rotatable bonds is 3. The molecule has 0 bridgehead atoms. The highest BCUT2D eigenvalue weighted by Crippen LogP contribution is 2.30. The molecule has 3 nitrogen and oxygen atoms in total. The summed E-state index contributed by atoms with van der Waals surface area (Å²) in [5.74, 6) is -0.725. The van der Waals surface area contributed by atoms with Crippen molar-refractivity contribution in [1.82, 2.24) is 4.90 Å². The third kappa shape index (κ3) is 3.47. The molecule has 3 rings (SSSR count). The maximum Gasteiger partial charge on any atom is 0.230 e. The number of carbonyl (C=O) groups excluding carboxylic acids is 2. The van der Waals surface area contributed by atoms with Crippen molar-refractivity contribution in [3.63, 3.8) is 0 Å². The van der Waals surface area contributed by atoms with Crippen LogP contribution in [0.25, 0.3) is 0 Å². The lowest BCUT2D eigenvalue weighted by Gasteiger charge is -2.30. The Morgan fingerprint density at radius 3 is 2.09 bits per heavy atom. The zero-order chi connectivity index (χ0) is 16.4. The molecular weight excluding hydrogens is 293 g/mol. The Labute approximate surface area is 134 Å². The van der Waals surface area contributed by atoms with Crippen LogP contribution in [-0.4, -0.2) is 16.7 Å². The highest BCUT2D eigenvalue weighted by molar-refractivity contribution is 5.98. The molecule has 23 heavy (non-hydrogen) atoms. The summed E-state index contributed by atoms with van der Waals surface area (Å²) in [6, 6.07) is 13.8. The van der Waals surface area contributed by atoms with Gasteiger partial charge >= 0.3 is 0 Å². The molecule has 1 heterocycles. The Morgan fingerprint density at radius 1 is 0.957 bits per heavy atom. The van der Waals surface area contributed by atoms with E-state index in [0.29, 0.717) is 12.8 Å². The first-order valence-electron chi connectivity index (χ1n) is 7.67. The molecule has 0 N–H and O–H groups in total. The van der Waals surface area contributed by atoms with Gasteiger partial charge in [-0.05, 0) is 30.2 Å². The summed E-state index contributed by atoms with van der Waals surface area (Å²) in [7, 11) is 0. The average Bonchev–Trinajstić information content (AvgIpc) is 2.53. The van der Waals surface area contributed by atoms with Crippen molar-refractivity contribution < 1.29 is 14.0 Å². The molecule has 2 aromatic rings. The van der Waals surface area contributed by atoms with Gasteiger partial charge in [-0.15, -0.1) is 0 Å². The van der Waals surface area contributed by atoms with E-state index in [1.165, 1.54) is 17.0 Å². The van der Waals surface area contributed by atoms with Gasteiger partial charge in [0.05, 0.1) is 6.54 Å². The summed E-state index contributed by atoms with van der Waals surface area (Å²) in [6.07, 6.45) is 0.659. The van der Waals surface area contributed by atoms with Crippen LogP contribution in [0.15, 0.2) is 48.5 Å². The first-order valence-corrected chi connectivity index (χ1v) is 7.67. The monoisotopic (exact) mass is 311 g/mol. The van der Waals surface area contributed by atoms with Gasteiger partial charge < -0.3 is 0 Å². The number of nitrogens with zero attached hydrogens (tertiary/aromatic N) is 1. The third-order valence-corrected chi connectivity index (χ3v) is 4.25. The molecule has 1 aliphatic rings. The van der Waals surface area contributed by atoms with Crippen LogP contribution >= 0.6 is 0 Å². The lowest BCUT2D eigenvalue weighted by atomic mass is 9.88. The van der Waals surface area contributed by atoms with Crippen LogP contribution in [-0.2, 0) is 16.1 Å². The van der Waals surface area contributed by atoms with Crippen molar-refractivity contribution >= 4 is 11.8 Å². The Balaban J connectivity index is 1.72. The molecule has 0 spiro atoms. The molecule has 2 aromatic carbocycles. The minimum Gasteiger partial charge on any atom is -0.278 e. The fourth-order valence-corrected chi connectivity index (χ4v) is 2.88. The summed E-state index contributed by atoms with van der Waals surface area (Å²) in [5, 5.41) is 0. The van der Waals surface area contributed by atoms with Crippen LogP contribution < -0.4 is 0 Å². The van der Waals surface area contributed by atoms with Crippen LogP contribution in [0.4, 0.5) is 4.39 Å². The van der Waals surface area contributed by atoms with Gasteiger partial charge in [0.15, 0.2) is 0 Å². The maximum atomic E-state index is 12.9. The molecule has 4 heteroatoms. The number of hydrogen-bond donors (Lipinski definition) is 0. The molecule has 0 atom stereocenters. The van der Waals surface area contributed by atoms with E-state index in [-0.39, 0.29) is 30.1 Å². The number of amides is 2. The van der Waals surface area contributed by atoms with E-state index < -0.39 is 0 Å². The van der Waals surface area contributed by atoms with Crippen molar-refractivity contribution in [3.05, 3.63) is 71.0 Å². The summed E-state index contributed by atoms with van der Waals surface area (Å²) in [4.78, 5) is 26.0.